The van der Waals surface area contributed by atoms with Crippen LogP contribution in [0.15, 0.2) is 24.3 Å². The van der Waals surface area contributed by atoms with E-state index in [4.69, 9.17) is 0 Å². The lowest BCUT2D eigenvalue weighted by Crippen LogP contribution is -2.43. The zero-order chi connectivity index (χ0) is 13.8. The van der Waals surface area contributed by atoms with Gasteiger partial charge >= 0.3 is 0 Å². The number of carbonyl (C=O) groups excluding carboxylic acids is 1. The Balaban J connectivity index is 1.97. The Morgan fingerprint density at radius 2 is 2.21 bits per heavy atom. The summed E-state index contributed by atoms with van der Waals surface area (Å²) < 4.78 is 13.6. The smallest absolute Gasteiger partial charge is 0.223 e. The van der Waals surface area contributed by atoms with E-state index in [2.05, 4.69) is 17.6 Å². The highest BCUT2D eigenvalue weighted by atomic mass is 19.1. The third-order valence-electron chi connectivity index (χ3n) is 3.72. The van der Waals surface area contributed by atoms with Crippen molar-refractivity contribution in [2.24, 2.45) is 5.92 Å². The van der Waals surface area contributed by atoms with E-state index >= 15 is 0 Å². The van der Waals surface area contributed by atoms with Gasteiger partial charge in [0.2, 0.25) is 5.91 Å². The van der Waals surface area contributed by atoms with Crippen molar-refractivity contribution < 1.29 is 9.18 Å². The second-order valence-corrected chi connectivity index (χ2v) is 5.33. The van der Waals surface area contributed by atoms with E-state index < -0.39 is 0 Å². The standard InChI is InChI=1S/C15H21FN2O/c1-10-9-12(7-8-17-10)15(19)18-11(2)13-5-3-4-6-14(13)16/h3-6,10-12,17H,7-9H2,1-2H3,(H,18,19). The van der Waals surface area contributed by atoms with Crippen molar-refractivity contribution >= 4 is 5.91 Å². The van der Waals surface area contributed by atoms with Crippen molar-refractivity contribution in [2.75, 3.05) is 6.54 Å². The summed E-state index contributed by atoms with van der Waals surface area (Å²) in [4.78, 5) is 12.2. The van der Waals surface area contributed by atoms with Crippen molar-refractivity contribution in [3.05, 3.63) is 35.6 Å². The molecule has 2 rings (SSSR count). The molecule has 1 fully saturated rings. The van der Waals surface area contributed by atoms with Gasteiger partial charge in [-0.1, -0.05) is 18.2 Å². The minimum Gasteiger partial charge on any atom is -0.349 e. The Morgan fingerprint density at radius 3 is 2.89 bits per heavy atom. The summed E-state index contributed by atoms with van der Waals surface area (Å²) >= 11 is 0. The van der Waals surface area contributed by atoms with E-state index in [9.17, 15) is 9.18 Å². The molecule has 4 heteroatoms. The first-order valence-electron chi connectivity index (χ1n) is 6.86. The maximum absolute atomic E-state index is 13.6. The summed E-state index contributed by atoms with van der Waals surface area (Å²) in [7, 11) is 0. The van der Waals surface area contributed by atoms with E-state index in [0.717, 1.165) is 19.4 Å². The molecule has 3 nitrogen and oxygen atoms in total. The molecular weight excluding hydrogens is 243 g/mol. The van der Waals surface area contributed by atoms with Crippen LogP contribution in [-0.2, 0) is 4.79 Å². The van der Waals surface area contributed by atoms with E-state index in [1.54, 1.807) is 18.2 Å². The van der Waals surface area contributed by atoms with Gasteiger partial charge in [0.1, 0.15) is 5.82 Å². The van der Waals surface area contributed by atoms with Gasteiger partial charge in [-0.25, -0.2) is 4.39 Å². The van der Waals surface area contributed by atoms with Gasteiger partial charge in [0.15, 0.2) is 0 Å². The first kappa shape index (κ1) is 14.0. The molecule has 1 aliphatic heterocycles. The van der Waals surface area contributed by atoms with Gasteiger partial charge in [-0.3, -0.25) is 4.79 Å². The predicted molar refractivity (Wildman–Crippen MR) is 73.1 cm³/mol. The van der Waals surface area contributed by atoms with Crippen LogP contribution >= 0.6 is 0 Å². The van der Waals surface area contributed by atoms with Crippen molar-refractivity contribution in [1.82, 2.24) is 10.6 Å². The van der Waals surface area contributed by atoms with Crippen LogP contribution in [0.25, 0.3) is 0 Å². The summed E-state index contributed by atoms with van der Waals surface area (Å²) in [5, 5.41) is 6.24. The van der Waals surface area contributed by atoms with Crippen molar-refractivity contribution in [1.29, 1.82) is 0 Å². The van der Waals surface area contributed by atoms with Gasteiger partial charge in [-0.2, -0.15) is 0 Å². The van der Waals surface area contributed by atoms with Gasteiger partial charge in [-0.15, -0.1) is 0 Å². The highest BCUT2D eigenvalue weighted by molar-refractivity contribution is 5.79. The van der Waals surface area contributed by atoms with Crippen LogP contribution in [0.4, 0.5) is 4.39 Å². The van der Waals surface area contributed by atoms with Gasteiger partial charge < -0.3 is 10.6 Å². The Bertz CT molecular complexity index is 450. The quantitative estimate of drug-likeness (QED) is 0.880. The number of halogens is 1. The Labute approximate surface area is 113 Å². The van der Waals surface area contributed by atoms with Crippen molar-refractivity contribution in [2.45, 2.75) is 38.8 Å². The van der Waals surface area contributed by atoms with Gasteiger partial charge in [0.25, 0.3) is 0 Å². The summed E-state index contributed by atoms with van der Waals surface area (Å²) in [6.45, 7) is 4.77. The molecule has 3 atom stereocenters. The highest BCUT2D eigenvalue weighted by Crippen LogP contribution is 2.20. The second kappa shape index (κ2) is 6.15. The SMILES string of the molecule is CC1CC(C(=O)NC(C)c2ccccc2F)CCN1. The largest absolute Gasteiger partial charge is 0.349 e. The molecule has 19 heavy (non-hydrogen) atoms. The average molecular weight is 264 g/mol. The number of hydrogen-bond acceptors (Lipinski definition) is 2. The molecule has 0 saturated carbocycles. The van der Waals surface area contributed by atoms with Crippen LogP contribution in [0.3, 0.4) is 0 Å². The number of nitrogens with one attached hydrogen (secondary N) is 2. The predicted octanol–water partition coefficient (Wildman–Crippen LogP) is 2.39. The monoisotopic (exact) mass is 264 g/mol. The third-order valence-corrected chi connectivity index (χ3v) is 3.72. The van der Waals surface area contributed by atoms with Crippen molar-refractivity contribution in [3.63, 3.8) is 0 Å². The molecule has 2 N–H and O–H groups in total. The lowest BCUT2D eigenvalue weighted by molar-refractivity contribution is -0.126. The molecule has 0 aliphatic carbocycles. The molecule has 0 spiro atoms. The molecule has 1 heterocycles. The summed E-state index contributed by atoms with van der Waals surface area (Å²) in [6, 6.07) is 6.65. The van der Waals surface area contributed by atoms with Crippen LogP contribution in [0, 0.1) is 11.7 Å². The number of piperidine rings is 1. The van der Waals surface area contributed by atoms with Gasteiger partial charge in [-0.05, 0) is 39.3 Å². The number of rotatable bonds is 3. The highest BCUT2D eigenvalue weighted by Gasteiger charge is 2.26. The fourth-order valence-electron chi connectivity index (χ4n) is 2.61. The minimum atomic E-state index is -0.293. The van der Waals surface area contributed by atoms with Crippen LogP contribution < -0.4 is 10.6 Å². The fourth-order valence-corrected chi connectivity index (χ4v) is 2.61. The summed E-state index contributed by atoms with van der Waals surface area (Å²) in [5.74, 6) is -0.205. The molecule has 1 aliphatic rings. The van der Waals surface area contributed by atoms with E-state index in [1.807, 2.05) is 6.92 Å². The average Bonchev–Trinajstić information content (AvgIpc) is 2.39. The maximum atomic E-state index is 13.6. The normalized spacial score (nSPS) is 24.8. The van der Waals surface area contributed by atoms with Crippen LogP contribution in [0.1, 0.15) is 38.3 Å². The molecule has 1 aromatic carbocycles. The lowest BCUT2D eigenvalue weighted by atomic mass is 9.92. The Kier molecular flexibility index (Phi) is 4.53. The zero-order valence-corrected chi connectivity index (χ0v) is 11.4. The first-order valence-corrected chi connectivity index (χ1v) is 6.86. The number of hydrogen-bond donors (Lipinski definition) is 2. The van der Waals surface area contributed by atoms with Crippen LogP contribution in [-0.4, -0.2) is 18.5 Å². The van der Waals surface area contributed by atoms with Crippen molar-refractivity contribution in [3.8, 4) is 0 Å². The maximum Gasteiger partial charge on any atom is 0.223 e. The van der Waals surface area contributed by atoms with Crippen LogP contribution in [0.5, 0.6) is 0 Å². The lowest BCUT2D eigenvalue weighted by Gasteiger charge is -2.28. The topological polar surface area (TPSA) is 41.1 Å². The van der Waals surface area contributed by atoms with E-state index in [1.165, 1.54) is 6.07 Å². The molecule has 1 saturated heterocycles. The second-order valence-electron chi connectivity index (χ2n) is 5.33. The molecule has 1 aromatic rings. The Morgan fingerprint density at radius 1 is 1.47 bits per heavy atom. The summed E-state index contributed by atoms with van der Waals surface area (Å²) in [6.07, 6.45) is 1.69. The Hall–Kier alpha value is -1.42. The first-order chi connectivity index (χ1) is 9.08. The summed E-state index contributed by atoms with van der Waals surface area (Å²) in [5.41, 5.74) is 0.540. The number of benzene rings is 1. The third kappa shape index (κ3) is 3.53. The van der Waals surface area contributed by atoms with Gasteiger partial charge in [0.05, 0.1) is 6.04 Å². The molecule has 0 bridgehead atoms. The zero-order valence-electron chi connectivity index (χ0n) is 11.4. The minimum absolute atomic E-state index is 0.0316. The molecule has 1 amide bonds. The molecule has 104 valence electrons. The van der Waals surface area contributed by atoms with E-state index in [0.29, 0.717) is 11.6 Å². The molecule has 0 radical (unpaired) electrons. The fraction of sp³-hybridized carbons (Fsp3) is 0.533. The molecule has 0 aromatic heterocycles. The molecule has 3 unspecified atom stereocenters. The van der Waals surface area contributed by atoms with Crippen LogP contribution in [0.2, 0.25) is 0 Å². The number of carbonyl (C=O) groups is 1. The molecular formula is C15H21FN2O. The van der Waals surface area contributed by atoms with Gasteiger partial charge in [0, 0.05) is 17.5 Å². The number of amides is 1. The van der Waals surface area contributed by atoms with E-state index in [-0.39, 0.29) is 23.7 Å².